The zero-order valence-electron chi connectivity index (χ0n) is 19.0. The highest BCUT2D eigenvalue weighted by molar-refractivity contribution is 5.74. The molecule has 5 heteroatoms. The number of unbranched alkanes of at least 4 members (excludes halogenated alkanes) is 3. The van der Waals surface area contributed by atoms with Crippen molar-refractivity contribution < 1.29 is 22.0 Å². The second-order valence-electron chi connectivity index (χ2n) is 8.74. The molecule has 0 N–H and O–H groups in total. The van der Waals surface area contributed by atoms with Crippen LogP contribution in [-0.4, -0.2) is 0 Å². The molecular formula is C29H25F5. The second-order valence-corrected chi connectivity index (χ2v) is 8.74. The minimum absolute atomic E-state index is 0.141. The lowest BCUT2D eigenvalue weighted by atomic mass is 9.83. The molecule has 0 aliphatic heterocycles. The van der Waals surface area contributed by atoms with Crippen molar-refractivity contribution in [3.63, 3.8) is 0 Å². The monoisotopic (exact) mass is 468 g/mol. The Morgan fingerprint density at radius 3 is 2.00 bits per heavy atom. The van der Waals surface area contributed by atoms with E-state index in [1.165, 1.54) is 42.4 Å². The quantitative estimate of drug-likeness (QED) is 0.201. The molecule has 0 saturated heterocycles. The number of aryl methyl sites for hydroxylation is 3. The number of halogens is 5. The smallest absolute Gasteiger partial charge is 0.206 e. The van der Waals surface area contributed by atoms with Crippen LogP contribution in [0.15, 0.2) is 48.5 Å². The summed E-state index contributed by atoms with van der Waals surface area (Å²) in [6.45, 7) is 2.21. The summed E-state index contributed by atoms with van der Waals surface area (Å²) in [6, 6.07) is 13.7. The minimum atomic E-state index is -5.09. The van der Waals surface area contributed by atoms with Gasteiger partial charge in [0.1, 0.15) is 17.2 Å². The van der Waals surface area contributed by atoms with Gasteiger partial charge in [-0.25, -0.2) is 8.78 Å². The molecule has 0 heterocycles. The Morgan fingerprint density at radius 1 is 0.735 bits per heavy atom. The molecule has 0 spiro atoms. The van der Waals surface area contributed by atoms with Gasteiger partial charge < -0.3 is 0 Å². The van der Waals surface area contributed by atoms with Crippen LogP contribution in [0.3, 0.4) is 0 Å². The van der Waals surface area contributed by atoms with Gasteiger partial charge in [-0.2, -0.15) is 13.2 Å². The van der Waals surface area contributed by atoms with Crippen LogP contribution in [0.4, 0.5) is 22.0 Å². The maximum Gasteiger partial charge on any atom is 0.422 e. The van der Waals surface area contributed by atoms with Crippen molar-refractivity contribution in [2.24, 2.45) is 0 Å². The summed E-state index contributed by atoms with van der Waals surface area (Å²) in [5, 5.41) is 0. The fraction of sp³-hybridized carbons (Fsp3) is 0.310. The molecule has 176 valence electrons. The molecule has 0 amide bonds. The van der Waals surface area contributed by atoms with E-state index in [-0.39, 0.29) is 5.56 Å². The molecule has 0 unspecified atom stereocenters. The van der Waals surface area contributed by atoms with Crippen LogP contribution in [0.2, 0.25) is 0 Å². The molecule has 0 bridgehead atoms. The van der Waals surface area contributed by atoms with E-state index in [2.05, 4.69) is 37.0 Å². The van der Waals surface area contributed by atoms with Gasteiger partial charge in [0.05, 0.1) is 0 Å². The van der Waals surface area contributed by atoms with Crippen LogP contribution >= 0.6 is 0 Å². The normalized spacial score (nSPS) is 12.5. The fourth-order valence-electron chi connectivity index (χ4n) is 4.50. The van der Waals surface area contributed by atoms with Gasteiger partial charge in [0.15, 0.2) is 0 Å². The van der Waals surface area contributed by atoms with Crippen LogP contribution in [0.5, 0.6) is 0 Å². The average molecular weight is 469 g/mol. The molecule has 0 radical (unpaired) electrons. The summed E-state index contributed by atoms with van der Waals surface area (Å²) in [5.74, 6) is 2.08. The fourth-order valence-corrected chi connectivity index (χ4v) is 4.50. The van der Waals surface area contributed by atoms with Crippen molar-refractivity contribution in [3.8, 4) is 23.0 Å². The first-order valence-electron chi connectivity index (χ1n) is 11.6. The van der Waals surface area contributed by atoms with E-state index >= 15 is 0 Å². The van der Waals surface area contributed by atoms with Crippen LogP contribution in [-0.2, 0) is 25.4 Å². The largest absolute Gasteiger partial charge is 0.422 e. The van der Waals surface area contributed by atoms with Crippen molar-refractivity contribution in [2.45, 2.75) is 58.0 Å². The Hall–Kier alpha value is -3.13. The Bertz CT molecular complexity index is 1230. The van der Waals surface area contributed by atoms with Gasteiger partial charge in [-0.3, -0.25) is 0 Å². The highest BCUT2D eigenvalue weighted by atomic mass is 19.4. The summed E-state index contributed by atoms with van der Waals surface area (Å²) in [5.41, 5.74) is 4.83. The van der Waals surface area contributed by atoms with Gasteiger partial charge in [-0.05, 0) is 77.8 Å². The molecule has 0 nitrogen and oxygen atoms in total. The number of benzene rings is 3. The van der Waals surface area contributed by atoms with Gasteiger partial charge >= 0.3 is 6.18 Å². The van der Waals surface area contributed by atoms with Crippen molar-refractivity contribution in [1.29, 1.82) is 0 Å². The molecule has 0 fully saturated rings. The van der Waals surface area contributed by atoms with E-state index < -0.39 is 23.4 Å². The van der Waals surface area contributed by atoms with E-state index in [1.807, 2.05) is 18.2 Å². The molecule has 0 aromatic heterocycles. The SMILES string of the molecule is CCCCCCc1ccc2c(c1)CCc1cc(C#Cc3cc(F)c(C(F)(F)F)c(F)c3)ccc1-2. The first-order valence-corrected chi connectivity index (χ1v) is 11.6. The standard InChI is InChI=1S/C29H25F5/c1-2-3-4-5-6-19-9-13-24-22(15-19)11-12-23-16-20(10-14-25(23)24)7-8-21-17-26(30)28(27(31)18-21)29(32,33)34/h9-10,13-18H,2-6,11-12H2,1H3. The van der Waals surface area contributed by atoms with Gasteiger partial charge in [0, 0.05) is 11.1 Å². The van der Waals surface area contributed by atoms with E-state index in [4.69, 9.17) is 0 Å². The first-order chi connectivity index (χ1) is 16.3. The van der Waals surface area contributed by atoms with Crippen LogP contribution in [0.25, 0.3) is 11.1 Å². The van der Waals surface area contributed by atoms with E-state index in [0.29, 0.717) is 17.7 Å². The molecular weight excluding hydrogens is 443 g/mol. The van der Waals surface area contributed by atoms with Crippen LogP contribution in [0.1, 0.15) is 66.0 Å². The first kappa shape index (κ1) is 24.0. The zero-order chi connectivity index (χ0) is 24.3. The number of fused-ring (bicyclic) bond motifs is 3. The maximum atomic E-state index is 13.8. The third-order valence-corrected chi connectivity index (χ3v) is 6.22. The topological polar surface area (TPSA) is 0 Å². The van der Waals surface area contributed by atoms with Crippen molar-refractivity contribution in [3.05, 3.63) is 93.5 Å². The summed E-state index contributed by atoms with van der Waals surface area (Å²) in [4.78, 5) is 0. The molecule has 0 saturated carbocycles. The molecule has 3 aromatic carbocycles. The van der Waals surface area contributed by atoms with E-state index in [1.54, 1.807) is 0 Å². The number of alkyl halides is 3. The molecule has 0 atom stereocenters. The van der Waals surface area contributed by atoms with Crippen molar-refractivity contribution >= 4 is 0 Å². The lowest BCUT2D eigenvalue weighted by Crippen LogP contribution is -2.11. The summed E-state index contributed by atoms with van der Waals surface area (Å²) >= 11 is 0. The lowest BCUT2D eigenvalue weighted by Gasteiger charge is -2.21. The summed E-state index contributed by atoms with van der Waals surface area (Å²) in [6.07, 6.45) is 2.75. The summed E-state index contributed by atoms with van der Waals surface area (Å²) in [7, 11) is 0. The Balaban J connectivity index is 1.54. The average Bonchev–Trinajstić information content (AvgIpc) is 2.78. The Labute approximate surface area is 196 Å². The number of hydrogen-bond donors (Lipinski definition) is 0. The van der Waals surface area contributed by atoms with Crippen LogP contribution < -0.4 is 0 Å². The lowest BCUT2D eigenvalue weighted by molar-refractivity contribution is -0.142. The van der Waals surface area contributed by atoms with Crippen molar-refractivity contribution in [2.75, 3.05) is 0 Å². The predicted molar refractivity (Wildman–Crippen MR) is 124 cm³/mol. The third-order valence-electron chi connectivity index (χ3n) is 6.22. The predicted octanol–water partition coefficient (Wildman–Crippen LogP) is 8.27. The molecule has 34 heavy (non-hydrogen) atoms. The van der Waals surface area contributed by atoms with Gasteiger partial charge in [-0.15, -0.1) is 0 Å². The van der Waals surface area contributed by atoms with Crippen LogP contribution in [0, 0.1) is 23.5 Å². The molecule has 3 aromatic rings. The second kappa shape index (κ2) is 10.0. The maximum absolute atomic E-state index is 13.8. The van der Waals surface area contributed by atoms with E-state index in [0.717, 1.165) is 30.4 Å². The highest BCUT2D eigenvalue weighted by Crippen LogP contribution is 2.35. The third kappa shape index (κ3) is 5.33. The molecule has 4 rings (SSSR count). The van der Waals surface area contributed by atoms with Crippen molar-refractivity contribution in [1.82, 2.24) is 0 Å². The molecule has 1 aliphatic carbocycles. The van der Waals surface area contributed by atoms with Gasteiger partial charge in [-0.1, -0.05) is 62.3 Å². The Kier molecular flexibility index (Phi) is 7.07. The highest BCUT2D eigenvalue weighted by Gasteiger charge is 2.37. The summed E-state index contributed by atoms with van der Waals surface area (Å²) < 4.78 is 65.8. The van der Waals surface area contributed by atoms with E-state index in [9.17, 15) is 22.0 Å². The minimum Gasteiger partial charge on any atom is -0.206 e. The number of hydrogen-bond acceptors (Lipinski definition) is 0. The number of rotatable bonds is 5. The van der Waals surface area contributed by atoms with Gasteiger partial charge in [0.25, 0.3) is 0 Å². The zero-order valence-corrected chi connectivity index (χ0v) is 19.0. The molecule has 1 aliphatic rings. The van der Waals surface area contributed by atoms with Gasteiger partial charge in [0.2, 0.25) is 0 Å². The Morgan fingerprint density at radius 2 is 1.35 bits per heavy atom.